The molecule has 1 amide bonds. The third-order valence-corrected chi connectivity index (χ3v) is 11.1. The Bertz CT molecular complexity index is 1600. The van der Waals surface area contributed by atoms with Gasteiger partial charge in [0.25, 0.3) is 0 Å². The van der Waals surface area contributed by atoms with Crippen molar-refractivity contribution in [2.75, 3.05) is 26.7 Å². The second-order valence-corrected chi connectivity index (χ2v) is 14.5. The molecule has 2 bridgehead atoms. The fraction of sp³-hybridized carbons (Fsp3) is 0.568. The number of benzene rings is 2. The molecule has 252 valence electrons. The predicted molar refractivity (Wildman–Crippen MR) is 170 cm³/mol. The first-order valence-corrected chi connectivity index (χ1v) is 16.8. The molecule has 2 saturated carbocycles. The van der Waals surface area contributed by atoms with Crippen LogP contribution in [0.15, 0.2) is 42.5 Å². The highest BCUT2D eigenvalue weighted by Gasteiger charge is 2.76. The van der Waals surface area contributed by atoms with Crippen molar-refractivity contribution >= 4 is 18.0 Å². The van der Waals surface area contributed by atoms with Gasteiger partial charge in [0.2, 0.25) is 5.91 Å². The molecule has 10 heteroatoms. The maximum atomic E-state index is 14.1. The van der Waals surface area contributed by atoms with E-state index in [9.17, 15) is 22.8 Å². The van der Waals surface area contributed by atoms with Gasteiger partial charge in [-0.05, 0) is 92.3 Å². The summed E-state index contributed by atoms with van der Waals surface area (Å²) in [5.41, 5.74) is 0.226. The molecule has 0 unspecified atom stereocenters. The summed E-state index contributed by atoms with van der Waals surface area (Å²) in [4.78, 5) is 31.5. The second kappa shape index (κ2) is 11.6. The van der Waals surface area contributed by atoms with Gasteiger partial charge in [-0.1, -0.05) is 32.0 Å². The minimum atomic E-state index is -4.48. The van der Waals surface area contributed by atoms with Gasteiger partial charge in [0, 0.05) is 31.7 Å². The molecular weight excluding hydrogens is 609 g/mol. The van der Waals surface area contributed by atoms with E-state index in [1.807, 2.05) is 24.8 Å². The summed E-state index contributed by atoms with van der Waals surface area (Å²) in [6, 6.07) is 8.66. The number of methoxy groups -OCH3 is 1. The lowest BCUT2D eigenvalue weighted by Crippen LogP contribution is -2.79. The van der Waals surface area contributed by atoms with Crippen molar-refractivity contribution in [3.63, 3.8) is 0 Å². The van der Waals surface area contributed by atoms with E-state index >= 15 is 0 Å². The van der Waals surface area contributed by atoms with Crippen LogP contribution in [0.2, 0.25) is 0 Å². The van der Waals surface area contributed by atoms with Crippen LogP contribution in [0.25, 0.3) is 6.08 Å². The topological polar surface area (TPSA) is 68.3 Å². The number of hydrogen-bond donors (Lipinski definition) is 0. The van der Waals surface area contributed by atoms with Crippen LogP contribution in [-0.4, -0.2) is 72.2 Å². The molecule has 2 aromatic rings. The summed E-state index contributed by atoms with van der Waals surface area (Å²) >= 11 is 0. The highest BCUT2D eigenvalue weighted by Crippen LogP contribution is 2.67. The van der Waals surface area contributed by atoms with Crippen LogP contribution in [0.3, 0.4) is 0 Å². The zero-order valence-corrected chi connectivity index (χ0v) is 27.4. The van der Waals surface area contributed by atoms with E-state index < -0.39 is 28.9 Å². The van der Waals surface area contributed by atoms with Crippen LogP contribution in [0, 0.1) is 11.8 Å². The van der Waals surface area contributed by atoms with Crippen LogP contribution in [-0.2, 0) is 32.3 Å². The third-order valence-electron chi connectivity index (χ3n) is 11.1. The third kappa shape index (κ3) is 5.22. The molecule has 3 aliphatic carbocycles. The SMILES string of the molecule is COc1ccc2c3c1O[C@H]1[C@@H](N(CC(C)C)C(=O)C=Cc4cccc(C(F)(F)F)c4)CC[C@@]4(OC(C)=O)[C@@H](C2)N(CC2CC2)CC[C@]314. The summed E-state index contributed by atoms with van der Waals surface area (Å²) in [7, 11) is 1.62. The smallest absolute Gasteiger partial charge is 0.416 e. The molecule has 1 spiro atoms. The van der Waals surface area contributed by atoms with Crippen LogP contribution in [0.4, 0.5) is 13.2 Å². The first-order valence-electron chi connectivity index (χ1n) is 16.8. The zero-order valence-electron chi connectivity index (χ0n) is 27.4. The maximum absolute atomic E-state index is 14.1. The minimum absolute atomic E-state index is 0.0188. The van der Waals surface area contributed by atoms with Crippen molar-refractivity contribution in [1.82, 2.24) is 9.80 Å². The number of nitrogens with zero attached hydrogens (tertiary/aromatic N) is 2. The Balaban J connectivity index is 1.31. The highest BCUT2D eigenvalue weighted by molar-refractivity contribution is 5.92. The summed E-state index contributed by atoms with van der Waals surface area (Å²) < 4.78 is 59.6. The van der Waals surface area contributed by atoms with Gasteiger partial charge in [-0.2, -0.15) is 13.2 Å². The lowest BCUT2D eigenvalue weighted by atomic mass is 9.48. The van der Waals surface area contributed by atoms with Crippen LogP contribution in [0.1, 0.15) is 75.1 Å². The molecule has 47 heavy (non-hydrogen) atoms. The molecule has 2 aliphatic heterocycles. The van der Waals surface area contributed by atoms with Crippen LogP contribution < -0.4 is 9.47 Å². The molecule has 5 atom stereocenters. The quantitative estimate of drug-likeness (QED) is 0.230. The standard InChI is InChI=1S/C37H43F3N2O5/c1-22(2)20-42(31(44)13-10-24-6-5-7-27(18-24)37(38,39)40)28-14-15-36(47-23(3)43)30-19-26-11-12-29(45-4)33-32(26)35(36,34(28)46-33)16-17-41(30)21-25-8-9-25/h5-7,10-13,18,22,25,28,30,34H,8-9,14-17,19-21H2,1-4H3/t28-,30+,34-,35-,36+/m0/s1. The van der Waals surface area contributed by atoms with Crippen molar-refractivity contribution in [2.24, 2.45) is 11.8 Å². The van der Waals surface area contributed by atoms with E-state index in [-0.39, 0.29) is 29.9 Å². The Labute approximate surface area is 274 Å². The molecule has 0 aromatic heterocycles. The number of alkyl halides is 3. The lowest BCUT2D eigenvalue weighted by Gasteiger charge is -2.65. The molecule has 0 radical (unpaired) electrons. The fourth-order valence-corrected chi connectivity index (χ4v) is 9.22. The van der Waals surface area contributed by atoms with E-state index in [1.165, 1.54) is 43.5 Å². The van der Waals surface area contributed by atoms with Crippen LogP contribution >= 0.6 is 0 Å². The number of carbonyl (C=O) groups is 2. The molecule has 5 aliphatic rings. The van der Waals surface area contributed by atoms with Crippen molar-refractivity contribution in [3.05, 3.63) is 64.7 Å². The van der Waals surface area contributed by atoms with Gasteiger partial charge in [0.15, 0.2) is 11.5 Å². The zero-order chi connectivity index (χ0) is 33.3. The maximum Gasteiger partial charge on any atom is 0.416 e. The highest BCUT2D eigenvalue weighted by atomic mass is 19.4. The molecule has 7 nitrogen and oxygen atoms in total. The van der Waals surface area contributed by atoms with Gasteiger partial charge >= 0.3 is 12.1 Å². The van der Waals surface area contributed by atoms with Gasteiger partial charge in [0.05, 0.1) is 30.2 Å². The molecule has 0 N–H and O–H groups in total. The Morgan fingerprint density at radius 3 is 2.62 bits per heavy atom. The van der Waals surface area contributed by atoms with E-state index in [2.05, 4.69) is 11.0 Å². The van der Waals surface area contributed by atoms with E-state index in [4.69, 9.17) is 14.2 Å². The Kier molecular flexibility index (Phi) is 7.88. The van der Waals surface area contributed by atoms with E-state index in [0.29, 0.717) is 48.8 Å². The number of amides is 1. The number of carbonyl (C=O) groups excluding carboxylic acids is 2. The number of halogens is 3. The average molecular weight is 653 g/mol. The summed E-state index contributed by atoms with van der Waals surface area (Å²) in [5, 5.41) is 0. The van der Waals surface area contributed by atoms with Gasteiger partial charge in [-0.3, -0.25) is 14.5 Å². The Morgan fingerprint density at radius 1 is 1.15 bits per heavy atom. The summed E-state index contributed by atoms with van der Waals surface area (Å²) in [6.07, 6.45) is 2.86. The molecular formula is C37H43F3N2O5. The predicted octanol–water partition coefficient (Wildman–Crippen LogP) is 6.42. The minimum Gasteiger partial charge on any atom is -0.493 e. The monoisotopic (exact) mass is 652 g/mol. The Hall–Kier alpha value is -3.53. The van der Waals surface area contributed by atoms with Crippen molar-refractivity contribution in [3.8, 4) is 11.5 Å². The molecule has 2 heterocycles. The number of ether oxygens (including phenoxy) is 3. The van der Waals surface area contributed by atoms with E-state index in [0.717, 1.165) is 37.2 Å². The lowest BCUT2D eigenvalue weighted by molar-refractivity contribution is -0.224. The number of piperidine rings is 1. The average Bonchev–Trinajstić information content (AvgIpc) is 3.77. The molecule has 7 rings (SSSR count). The van der Waals surface area contributed by atoms with Gasteiger partial charge in [0.1, 0.15) is 11.7 Å². The van der Waals surface area contributed by atoms with Crippen LogP contribution in [0.5, 0.6) is 11.5 Å². The number of rotatable bonds is 9. The molecule has 1 saturated heterocycles. The molecule has 2 aromatic carbocycles. The fourth-order valence-electron chi connectivity index (χ4n) is 9.22. The first kappa shape index (κ1) is 32.0. The van der Waals surface area contributed by atoms with Crippen molar-refractivity contribution in [1.29, 1.82) is 0 Å². The summed E-state index contributed by atoms with van der Waals surface area (Å²) in [6.45, 7) is 7.82. The van der Waals surface area contributed by atoms with Gasteiger partial charge < -0.3 is 19.1 Å². The van der Waals surface area contributed by atoms with Gasteiger partial charge in [-0.25, -0.2) is 0 Å². The molecule has 3 fully saturated rings. The van der Waals surface area contributed by atoms with E-state index in [1.54, 1.807) is 13.2 Å². The van der Waals surface area contributed by atoms with Crippen molar-refractivity contribution in [2.45, 2.75) is 94.7 Å². The number of likely N-dealkylation sites (tertiary alicyclic amines) is 1. The summed E-state index contributed by atoms with van der Waals surface area (Å²) in [5.74, 6) is 1.46. The number of esters is 1. The van der Waals surface area contributed by atoms with Crippen molar-refractivity contribution < 1.29 is 37.0 Å². The normalized spacial score (nSPS) is 29.4. The Morgan fingerprint density at radius 2 is 1.94 bits per heavy atom. The number of hydrogen-bond acceptors (Lipinski definition) is 6. The largest absolute Gasteiger partial charge is 0.493 e. The van der Waals surface area contributed by atoms with Gasteiger partial charge in [-0.15, -0.1) is 0 Å². The second-order valence-electron chi connectivity index (χ2n) is 14.5. The first-order chi connectivity index (χ1) is 22.4.